The number of hydrogen-bond donors (Lipinski definition) is 0. The van der Waals surface area contributed by atoms with E-state index in [1.807, 2.05) is 6.20 Å². The standard InChI is InChI=1S/C31H25IN2/c1-17-8-10-20-19(14-17)15-22-28-26-18(12-13-33-28)9-11-21-27-24(32)6-5-7-25(27)34(30(21)26)29(22)23(20)16-31(2,3)4/h5-15H,16H2,1-4H3. The summed E-state index contributed by atoms with van der Waals surface area (Å²) in [4.78, 5) is 5.01. The Balaban J connectivity index is 1.90. The number of rotatable bonds is 1. The molecule has 7 rings (SSSR count). The number of fused-ring (bicyclic) bond motifs is 7. The van der Waals surface area contributed by atoms with Crippen LogP contribution in [0, 0.1) is 15.9 Å². The fourth-order valence-electron chi connectivity index (χ4n) is 5.94. The Morgan fingerprint density at radius 3 is 2.47 bits per heavy atom. The highest BCUT2D eigenvalue weighted by atomic mass is 127. The molecule has 7 aromatic rings. The van der Waals surface area contributed by atoms with Gasteiger partial charge in [0.2, 0.25) is 0 Å². The lowest BCUT2D eigenvalue weighted by Gasteiger charge is -2.23. The fraction of sp³-hybridized carbons (Fsp3) is 0.194. The molecule has 3 heterocycles. The van der Waals surface area contributed by atoms with Gasteiger partial charge in [0, 0.05) is 31.3 Å². The molecule has 0 bridgehead atoms. The van der Waals surface area contributed by atoms with E-state index in [0.29, 0.717) is 0 Å². The van der Waals surface area contributed by atoms with E-state index in [-0.39, 0.29) is 5.41 Å². The topological polar surface area (TPSA) is 17.3 Å². The predicted molar refractivity (Wildman–Crippen MR) is 155 cm³/mol. The van der Waals surface area contributed by atoms with Gasteiger partial charge in [-0.25, -0.2) is 0 Å². The molecule has 3 heteroatoms. The molecule has 0 saturated heterocycles. The van der Waals surface area contributed by atoms with Crippen LogP contribution >= 0.6 is 22.6 Å². The van der Waals surface area contributed by atoms with E-state index >= 15 is 0 Å². The number of aryl methyl sites for hydroxylation is 1. The van der Waals surface area contributed by atoms with E-state index in [4.69, 9.17) is 4.98 Å². The number of hydrogen-bond acceptors (Lipinski definition) is 1. The van der Waals surface area contributed by atoms with Crippen LogP contribution < -0.4 is 0 Å². The molecule has 0 N–H and O–H groups in total. The molecule has 0 saturated carbocycles. The van der Waals surface area contributed by atoms with Crippen molar-refractivity contribution in [2.75, 3.05) is 0 Å². The van der Waals surface area contributed by atoms with Gasteiger partial charge in [-0.05, 0) is 87.3 Å². The monoisotopic (exact) mass is 552 g/mol. The average Bonchev–Trinajstić information content (AvgIpc) is 3.13. The molecule has 3 aromatic heterocycles. The average molecular weight is 552 g/mol. The van der Waals surface area contributed by atoms with Crippen molar-refractivity contribution in [3.63, 3.8) is 0 Å². The van der Waals surface area contributed by atoms with Crippen LogP contribution in [0.3, 0.4) is 0 Å². The minimum atomic E-state index is 0.153. The Kier molecular flexibility index (Phi) is 4.10. The maximum Gasteiger partial charge on any atom is 0.0823 e. The van der Waals surface area contributed by atoms with Gasteiger partial charge in [0.05, 0.1) is 22.1 Å². The third-order valence-electron chi connectivity index (χ3n) is 7.19. The zero-order valence-electron chi connectivity index (χ0n) is 19.8. The SMILES string of the molecule is Cc1ccc2c(CC(C)(C)C)c3c(cc2c1)c1nccc2ccc4c5c(I)cccc5n3c4c21. The predicted octanol–water partition coefficient (Wildman–Crippen LogP) is 9.04. The molecule has 0 fully saturated rings. The summed E-state index contributed by atoms with van der Waals surface area (Å²) in [7, 11) is 0. The van der Waals surface area contributed by atoms with Crippen LogP contribution in [0.1, 0.15) is 31.9 Å². The van der Waals surface area contributed by atoms with Crippen LogP contribution in [0.25, 0.3) is 59.8 Å². The van der Waals surface area contributed by atoms with Crippen molar-refractivity contribution in [2.45, 2.75) is 34.1 Å². The number of pyridine rings is 2. The van der Waals surface area contributed by atoms with Crippen LogP contribution in [0.4, 0.5) is 0 Å². The minimum Gasteiger partial charge on any atom is -0.308 e. The summed E-state index contributed by atoms with van der Waals surface area (Å²) in [6.45, 7) is 9.21. The van der Waals surface area contributed by atoms with E-state index in [1.165, 1.54) is 69.0 Å². The molecular weight excluding hydrogens is 527 g/mol. The fourth-order valence-corrected chi connectivity index (χ4v) is 6.72. The lowest BCUT2D eigenvalue weighted by molar-refractivity contribution is 0.413. The molecule has 0 radical (unpaired) electrons. The normalized spacial score (nSPS) is 13.0. The van der Waals surface area contributed by atoms with Crippen molar-refractivity contribution >= 4 is 82.4 Å². The lowest BCUT2D eigenvalue weighted by atomic mass is 9.84. The van der Waals surface area contributed by atoms with Crippen molar-refractivity contribution in [1.29, 1.82) is 0 Å². The quantitative estimate of drug-likeness (QED) is 0.113. The molecule has 0 atom stereocenters. The zero-order chi connectivity index (χ0) is 23.4. The Morgan fingerprint density at radius 1 is 0.824 bits per heavy atom. The van der Waals surface area contributed by atoms with Crippen molar-refractivity contribution < 1.29 is 0 Å². The highest BCUT2D eigenvalue weighted by Gasteiger charge is 2.24. The van der Waals surface area contributed by atoms with Crippen LogP contribution in [0.2, 0.25) is 0 Å². The first-order chi connectivity index (χ1) is 16.3. The van der Waals surface area contributed by atoms with E-state index in [2.05, 4.69) is 115 Å². The first-order valence-corrected chi connectivity index (χ1v) is 13.0. The van der Waals surface area contributed by atoms with E-state index < -0.39 is 0 Å². The summed E-state index contributed by atoms with van der Waals surface area (Å²) in [5, 5.41) is 9.09. The number of aromatic nitrogens is 2. The zero-order valence-corrected chi connectivity index (χ0v) is 22.0. The van der Waals surface area contributed by atoms with Gasteiger partial charge in [0.25, 0.3) is 0 Å². The summed E-state index contributed by atoms with van der Waals surface area (Å²) < 4.78 is 3.85. The number of benzene rings is 4. The molecule has 0 aliphatic carbocycles. The molecule has 2 nitrogen and oxygen atoms in total. The van der Waals surface area contributed by atoms with Gasteiger partial charge in [-0.3, -0.25) is 4.98 Å². The van der Waals surface area contributed by atoms with Gasteiger partial charge in [0.15, 0.2) is 0 Å². The van der Waals surface area contributed by atoms with Crippen molar-refractivity contribution in [2.24, 2.45) is 5.41 Å². The van der Waals surface area contributed by atoms with Crippen LogP contribution in [0.5, 0.6) is 0 Å². The van der Waals surface area contributed by atoms with Gasteiger partial charge in [0.1, 0.15) is 0 Å². The molecule has 0 unspecified atom stereocenters. The maximum absolute atomic E-state index is 5.01. The van der Waals surface area contributed by atoms with Crippen molar-refractivity contribution in [3.05, 3.63) is 81.6 Å². The van der Waals surface area contributed by atoms with E-state index in [1.54, 1.807) is 0 Å². The Hall–Kier alpha value is -2.92. The third kappa shape index (κ3) is 2.70. The van der Waals surface area contributed by atoms with Gasteiger partial charge in [-0.1, -0.05) is 62.7 Å². The van der Waals surface area contributed by atoms with Crippen molar-refractivity contribution in [3.8, 4) is 0 Å². The smallest absolute Gasteiger partial charge is 0.0823 e. The maximum atomic E-state index is 5.01. The molecule has 0 aliphatic heterocycles. The van der Waals surface area contributed by atoms with Crippen LogP contribution in [0.15, 0.2) is 66.9 Å². The summed E-state index contributed by atoms with van der Waals surface area (Å²) in [6, 6.07) is 22.7. The second-order valence-electron chi connectivity index (χ2n) is 10.9. The van der Waals surface area contributed by atoms with E-state index in [9.17, 15) is 0 Å². The van der Waals surface area contributed by atoms with Crippen molar-refractivity contribution in [1.82, 2.24) is 9.38 Å². The third-order valence-corrected chi connectivity index (χ3v) is 8.09. The Labute approximate surface area is 212 Å². The second-order valence-corrected chi connectivity index (χ2v) is 12.1. The second kappa shape index (κ2) is 6.82. The minimum absolute atomic E-state index is 0.153. The molecule has 34 heavy (non-hydrogen) atoms. The van der Waals surface area contributed by atoms with Crippen LogP contribution in [-0.2, 0) is 6.42 Å². The summed E-state index contributed by atoms with van der Waals surface area (Å²) in [5.74, 6) is 0. The van der Waals surface area contributed by atoms with Crippen LogP contribution in [-0.4, -0.2) is 9.38 Å². The lowest BCUT2D eigenvalue weighted by Crippen LogP contribution is -2.11. The largest absolute Gasteiger partial charge is 0.308 e. The highest BCUT2D eigenvalue weighted by molar-refractivity contribution is 14.1. The summed E-state index contributed by atoms with van der Waals surface area (Å²) in [5.41, 5.74) is 7.88. The molecule has 0 aliphatic rings. The van der Waals surface area contributed by atoms with E-state index in [0.717, 1.165) is 11.9 Å². The number of nitrogens with zero attached hydrogens (tertiary/aromatic N) is 2. The highest BCUT2D eigenvalue weighted by Crippen LogP contribution is 2.44. The van der Waals surface area contributed by atoms with Gasteiger partial charge < -0.3 is 4.40 Å². The van der Waals surface area contributed by atoms with Gasteiger partial charge >= 0.3 is 0 Å². The molecule has 4 aromatic carbocycles. The Bertz CT molecular complexity index is 1940. The summed E-state index contributed by atoms with van der Waals surface area (Å²) >= 11 is 2.50. The Morgan fingerprint density at radius 2 is 1.65 bits per heavy atom. The molecule has 0 amide bonds. The van der Waals surface area contributed by atoms with Gasteiger partial charge in [-0.2, -0.15) is 0 Å². The molecule has 0 spiro atoms. The first-order valence-electron chi connectivity index (χ1n) is 11.9. The molecular formula is C31H25IN2. The molecule has 166 valence electrons. The van der Waals surface area contributed by atoms with Gasteiger partial charge in [-0.15, -0.1) is 0 Å². The first kappa shape index (κ1) is 20.5. The number of halogens is 1. The summed E-state index contributed by atoms with van der Waals surface area (Å²) in [6.07, 6.45) is 2.97.